The minimum absolute atomic E-state index is 0.419. The number of nitrogens with one attached hydrogen (secondary N) is 2. The van der Waals surface area contributed by atoms with E-state index in [4.69, 9.17) is 4.74 Å². The van der Waals surface area contributed by atoms with Crippen molar-refractivity contribution in [1.29, 1.82) is 0 Å². The number of halogens is 1. The summed E-state index contributed by atoms with van der Waals surface area (Å²) in [5.41, 5.74) is -1.57. The maximum atomic E-state index is 13.1. The first-order valence-corrected chi connectivity index (χ1v) is 5.93. The normalized spacial score (nSPS) is 10.2. The molecule has 2 rings (SSSR count). The van der Waals surface area contributed by atoms with Crippen LogP contribution < -0.4 is 21.3 Å². The van der Waals surface area contributed by atoms with Crippen LogP contribution in [0.1, 0.15) is 0 Å². The number of hydrogen-bond acceptors (Lipinski definition) is 4. The molecule has 0 atom stereocenters. The fourth-order valence-corrected chi connectivity index (χ4v) is 1.69. The zero-order chi connectivity index (χ0) is 15.4. The molecule has 7 nitrogen and oxygen atoms in total. The lowest BCUT2D eigenvalue weighted by Crippen LogP contribution is -2.34. The highest BCUT2D eigenvalue weighted by molar-refractivity contribution is 5.92. The number of aromatic nitrogens is 2. The van der Waals surface area contributed by atoms with Gasteiger partial charge < -0.3 is 10.1 Å². The summed E-state index contributed by atoms with van der Waals surface area (Å²) in [5.74, 6) is -1.25. The van der Waals surface area contributed by atoms with Crippen molar-refractivity contribution < 1.29 is 13.9 Å². The molecule has 0 fully saturated rings. The fraction of sp³-hybridized carbons (Fsp3) is 0.154. The molecular formula is C13H12FN3O4. The topological polar surface area (TPSA) is 93.2 Å². The van der Waals surface area contributed by atoms with E-state index in [-0.39, 0.29) is 0 Å². The molecule has 1 aromatic carbocycles. The minimum Gasteiger partial charge on any atom is -0.495 e. The number of rotatable bonds is 4. The lowest BCUT2D eigenvalue weighted by atomic mass is 10.3. The molecule has 0 saturated carbocycles. The highest BCUT2D eigenvalue weighted by Gasteiger charge is 2.10. The molecule has 0 spiro atoms. The molecule has 8 heteroatoms. The Morgan fingerprint density at radius 1 is 1.38 bits per heavy atom. The lowest BCUT2D eigenvalue weighted by molar-refractivity contribution is -0.116. The van der Waals surface area contributed by atoms with Gasteiger partial charge in [0.25, 0.3) is 5.56 Å². The second-order valence-corrected chi connectivity index (χ2v) is 4.11. The molecule has 0 unspecified atom stereocenters. The molecule has 0 bridgehead atoms. The highest BCUT2D eigenvalue weighted by Crippen LogP contribution is 2.22. The standard InChI is InChI=1S/C13H12FN3O4/c1-21-10-5-3-2-4-9(10)15-11(18)7-17-6-8(14)12(19)16-13(17)20/h2-6H,7H2,1H3,(H,15,18)(H,16,19,20). The lowest BCUT2D eigenvalue weighted by Gasteiger charge is -2.10. The number of ether oxygens (including phenoxy) is 1. The Labute approximate surface area is 118 Å². The molecule has 0 aliphatic heterocycles. The maximum absolute atomic E-state index is 13.1. The molecule has 0 aliphatic carbocycles. The Kier molecular flexibility index (Phi) is 4.17. The predicted molar refractivity (Wildman–Crippen MR) is 72.9 cm³/mol. The predicted octanol–water partition coefficient (Wildman–Crippen LogP) is 0.323. The van der Waals surface area contributed by atoms with Crippen LogP contribution in [0.2, 0.25) is 0 Å². The second kappa shape index (κ2) is 6.04. The van der Waals surface area contributed by atoms with Crippen LogP contribution in [0.15, 0.2) is 40.1 Å². The molecule has 1 heterocycles. The average molecular weight is 293 g/mol. The molecule has 110 valence electrons. The smallest absolute Gasteiger partial charge is 0.328 e. The summed E-state index contributed by atoms with van der Waals surface area (Å²) >= 11 is 0. The van der Waals surface area contributed by atoms with Crippen LogP contribution in [0.5, 0.6) is 5.75 Å². The zero-order valence-corrected chi connectivity index (χ0v) is 11.1. The van der Waals surface area contributed by atoms with Gasteiger partial charge in [-0.1, -0.05) is 12.1 Å². The summed E-state index contributed by atoms with van der Waals surface area (Å²) in [7, 11) is 1.45. The number of aromatic amines is 1. The van der Waals surface area contributed by atoms with Crippen LogP contribution in [0.25, 0.3) is 0 Å². The first kappa shape index (κ1) is 14.5. The number of carbonyl (C=O) groups excluding carboxylic acids is 1. The molecule has 2 N–H and O–H groups in total. The summed E-state index contributed by atoms with van der Waals surface area (Å²) in [6.45, 7) is -0.440. The number of carbonyl (C=O) groups is 1. The molecule has 0 radical (unpaired) electrons. The number of amides is 1. The van der Waals surface area contributed by atoms with Crippen molar-refractivity contribution in [3.63, 3.8) is 0 Å². The van der Waals surface area contributed by atoms with Crippen molar-refractivity contribution in [2.45, 2.75) is 6.54 Å². The van der Waals surface area contributed by atoms with Crippen LogP contribution in [0.4, 0.5) is 10.1 Å². The summed E-state index contributed by atoms with van der Waals surface area (Å²) in [6.07, 6.45) is 0.684. The van der Waals surface area contributed by atoms with E-state index < -0.39 is 29.5 Å². The molecule has 0 saturated heterocycles. The Hall–Kier alpha value is -2.90. The van der Waals surface area contributed by atoms with Gasteiger partial charge in [0, 0.05) is 0 Å². The maximum Gasteiger partial charge on any atom is 0.328 e. The van der Waals surface area contributed by atoms with Crippen molar-refractivity contribution >= 4 is 11.6 Å². The van der Waals surface area contributed by atoms with Crippen molar-refractivity contribution in [2.75, 3.05) is 12.4 Å². The first-order valence-electron chi connectivity index (χ1n) is 5.93. The van der Waals surface area contributed by atoms with Gasteiger partial charge in [0.1, 0.15) is 12.3 Å². The third kappa shape index (κ3) is 3.35. The molecule has 2 aromatic rings. The summed E-state index contributed by atoms with van der Waals surface area (Å²) < 4.78 is 18.9. The van der Waals surface area contributed by atoms with Crippen LogP contribution in [0, 0.1) is 5.82 Å². The van der Waals surface area contributed by atoms with E-state index in [0.29, 0.717) is 17.6 Å². The summed E-state index contributed by atoms with van der Waals surface area (Å²) in [5, 5.41) is 2.53. The van der Waals surface area contributed by atoms with E-state index in [2.05, 4.69) is 5.32 Å². The van der Waals surface area contributed by atoms with Crippen molar-refractivity contribution in [1.82, 2.24) is 9.55 Å². The van der Waals surface area contributed by atoms with Gasteiger partial charge >= 0.3 is 5.69 Å². The number of para-hydroxylation sites is 2. The van der Waals surface area contributed by atoms with Gasteiger partial charge in [0.05, 0.1) is 19.0 Å². The van der Waals surface area contributed by atoms with Gasteiger partial charge in [-0.3, -0.25) is 19.1 Å². The van der Waals surface area contributed by atoms with Gasteiger partial charge in [0.15, 0.2) is 0 Å². The monoisotopic (exact) mass is 293 g/mol. The van der Waals surface area contributed by atoms with Crippen LogP contribution in [0.3, 0.4) is 0 Å². The number of hydrogen-bond donors (Lipinski definition) is 2. The molecule has 0 aliphatic rings. The van der Waals surface area contributed by atoms with Gasteiger partial charge in [0.2, 0.25) is 11.7 Å². The molecule has 21 heavy (non-hydrogen) atoms. The van der Waals surface area contributed by atoms with Gasteiger partial charge in [-0.25, -0.2) is 4.79 Å². The number of methoxy groups -OCH3 is 1. The third-order valence-corrected chi connectivity index (χ3v) is 2.66. The van der Waals surface area contributed by atoms with Crippen molar-refractivity contribution in [3.8, 4) is 5.75 Å². The minimum atomic E-state index is -1.14. The van der Waals surface area contributed by atoms with Crippen LogP contribution in [-0.4, -0.2) is 22.6 Å². The fourth-order valence-electron chi connectivity index (χ4n) is 1.69. The third-order valence-electron chi connectivity index (χ3n) is 2.66. The van der Waals surface area contributed by atoms with Gasteiger partial charge in [-0.15, -0.1) is 0 Å². The summed E-state index contributed by atoms with van der Waals surface area (Å²) in [6, 6.07) is 6.70. The van der Waals surface area contributed by atoms with E-state index >= 15 is 0 Å². The van der Waals surface area contributed by atoms with Crippen molar-refractivity contribution in [3.05, 3.63) is 57.1 Å². The first-order chi connectivity index (χ1) is 10.0. The average Bonchev–Trinajstić information content (AvgIpc) is 2.45. The van der Waals surface area contributed by atoms with E-state index in [9.17, 15) is 18.8 Å². The Balaban J connectivity index is 2.17. The summed E-state index contributed by atoms with van der Waals surface area (Å²) in [4.78, 5) is 36.0. The Morgan fingerprint density at radius 2 is 2.10 bits per heavy atom. The van der Waals surface area contributed by atoms with E-state index in [0.717, 1.165) is 4.57 Å². The largest absolute Gasteiger partial charge is 0.495 e. The number of nitrogens with zero attached hydrogens (tertiary/aromatic N) is 1. The van der Waals surface area contributed by atoms with E-state index in [1.807, 2.05) is 0 Å². The second-order valence-electron chi connectivity index (χ2n) is 4.11. The zero-order valence-electron chi connectivity index (χ0n) is 11.1. The number of H-pyrrole nitrogens is 1. The van der Waals surface area contributed by atoms with Crippen molar-refractivity contribution in [2.24, 2.45) is 0 Å². The molecular weight excluding hydrogens is 281 g/mol. The molecule has 1 amide bonds. The SMILES string of the molecule is COc1ccccc1NC(=O)Cn1cc(F)c(=O)[nH]c1=O. The van der Waals surface area contributed by atoms with E-state index in [1.165, 1.54) is 7.11 Å². The van der Waals surface area contributed by atoms with Gasteiger partial charge in [-0.05, 0) is 12.1 Å². The van der Waals surface area contributed by atoms with Gasteiger partial charge in [-0.2, -0.15) is 4.39 Å². The molecule has 1 aromatic heterocycles. The highest BCUT2D eigenvalue weighted by atomic mass is 19.1. The van der Waals surface area contributed by atoms with Crippen LogP contribution >= 0.6 is 0 Å². The Bertz CT molecular complexity index is 781. The van der Waals surface area contributed by atoms with Crippen LogP contribution in [-0.2, 0) is 11.3 Å². The number of benzene rings is 1. The van der Waals surface area contributed by atoms with E-state index in [1.54, 1.807) is 29.2 Å². The number of anilines is 1. The Morgan fingerprint density at radius 3 is 2.81 bits per heavy atom. The quantitative estimate of drug-likeness (QED) is 0.849.